The summed E-state index contributed by atoms with van der Waals surface area (Å²) in [7, 11) is 0. The molecule has 0 saturated heterocycles. The van der Waals surface area contributed by atoms with Crippen LogP contribution in [0, 0.1) is 0 Å². The summed E-state index contributed by atoms with van der Waals surface area (Å²) in [6.45, 7) is 9.80. The Kier molecular flexibility index (Phi) is 3.92. The summed E-state index contributed by atoms with van der Waals surface area (Å²) < 4.78 is 5.60. The third-order valence-electron chi connectivity index (χ3n) is 2.12. The summed E-state index contributed by atoms with van der Waals surface area (Å²) in [5.41, 5.74) is 7.98. The quantitative estimate of drug-likeness (QED) is 0.767. The van der Waals surface area contributed by atoms with Crippen LogP contribution in [0.3, 0.4) is 0 Å². The molecule has 0 amide bonds. The van der Waals surface area contributed by atoms with Gasteiger partial charge in [-0.3, -0.25) is 0 Å². The second-order valence-corrected chi connectivity index (χ2v) is 4.06. The Balaban J connectivity index is 2.87. The Hall–Kier alpha value is -1.28. The molecule has 0 aliphatic carbocycles. The molecule has 0 spiro atoms. The SMILES string of the molecule is C=C(C)C(N)c1cccc(OC(C)C)c1. The first-order chi connectivity index (χ1) is 7.00. The van der Waals surface area contributed by atoms with Crippen molar-refractivity contribution < 1.29 is 4.74 Å². The van der Waals surface area contributed by atoms with Gasteiger partial charge in [0, 0.05) is 0 Å². The van der Waals surface area contributed by atoms with E-state index in [0.29, 0.717) is 0 Å². The number of hydrogen-bond acceptors (Lipinski definition) is 2. The summed E-state index contributed by atoms with van der Waals surface area (Å²) >= 11 is 0. The van der Waals surface area contributed by atoms with E-state index in [-0.39, 0.29) is 12.1 Å². The molecule has 0 aliphatic rings. The molecule has 1 aromatic rings. The molecule has 1 unspecified atom stereocenters. The fourth-order valence-electron chi connectivity index (χ4n) is 1.34. The minimum atomic E-state index is -0.110. The number of rotatable bonds is 4. The zero-order chi connectivity index (χ0) is 11.4. The van der Waals surface area contributed by atoms with Crippen LogP contribution in [0.2, 0.25) is 0 Å². The summed E-state index contributed by atoms with van der Waals surface area (Å²) in [6, 6.07) is 7.75. The lowest BCUT2D eigenvalue weighted by molar-refractivity contribution is 0.242. The molecule has 0 bridgehead atoms. The van der Waals surface area contributed by atoms with Crippen LogP contribution in [0.5, 0.6) is 5.75 Å². The summed E-state index contributed by atoms with van der Waals surface area (Å²) in [5.74, 6) is 0.860. The minimum absolute atomic E-state index is 0.110. The van der Waals surface area contributed by atoms with E-state index in [0.717, 1.165) is 16.9 Å². The highest BCUT2D eigenvalue weighted by Gasteiger charge is 2.07. The molecule has 1 atom stereocenters. The van der Waals surface area contributed by atoms with Crippen LogP contribution < -0.4 is 10.5 Å². The molecule has 0 aliphatic heterocycles. The Morgan fingerprint density at radius 2 is 2.07 bits per heavy atom. The molecular weight excluding hydrogens is 186 g/mol. The van der Waals surface area contributed by atoms with Gasteiger partial charge in [-0.25, -0.2) is 0 Å². The monoisotopic (exact) mass is 205 g/mol. The van der Waals surface area contributed by atoms with Gasteiger partial charge in [0.25, 0.3) is 0 Å². The third kappa shape index (κ3) is 3.40. The molecule has 82 valence electrons. The lowest BCUT2D eigenvalue weighted by Gasteiger charge is -2.14. The van der Waals surface area contributed by atoms with Gasteiger partial charge in [-0.15, -0.1) is 0 Å². The Morgan fingerprint density at radius 3 is 2.60 bits per heavy atom. The first-order valence-corrected chi connectivity index (χ1v) is 5.18. The zero-order valence-electron chi connectivity index (χ0n) is 9.66. The standard InChI is InChI=1S/C13H19NO/c1-9(2)13(14)11-6-5-7-12(8-11)15-10(3)4/h5-8,10,13H,1,14H2,2-4H3. The zero-order valence-corrected chi connectivity index (χ0v) is 9.66. The lowest BCUT2D eigenvalue weighted by Crippen LogP contribution is -2.11. The lowest BCUT2D eigenvalue weighted by atomic mass is 10.0. The minimum Gasteiger partial charge on any atom is -0.491 e. The molecule has 0 aromatic heterocycles. The van der Waals surface area contributed by atoms with Crippen molar-refractivity contribution in [3.63, 3.8) is 0 Å². The molecule has 2 N–H and O–H groups in total. The second-order valence-electron chi connectivity index (χ2n) is 4.06. The number of hydrogen-bond donors (Lipinski definition) is 1. The van der Waals surface area contributed by atoms with E-state index in [4.69, 9.17) is 10.5 Å². The van der Waals surface area contributed by atoms with E-state index >= 15 is 0 Å². The van der Waals surface area contributed by atoms with Crippen LogP contribution in [-0.2, 0) is 0 Å². The van der Waals surface area contributed by atoms with Crippen molar-refractivity contribution in [3.8, 4) is 5.75 Å². The van der Waals surface area contributed by atoms with Gasteiger partial charge in [0.15, 0.2) is 0 Å². The Labute approximate surface area is 91.7 Å². The van der Waals surface area contributed by atoms with Crippen LogP contribution in [0.1, 0.15) is 32.4 Å². The fourth-order valence-corrected chi connectivity index (χ4v) is 1.34. The molecule has 2 nitrogen and oxygen atoms in total. The summed E-state index contributed by atoms with van der Waals surface area (Å²) in [5, 5.41) is 0. The van der Waals surface area contributed by atoms with E-state index in [1.807, 2.05) is 45.0 Å². The first kappa shape index (κ1) is 11.8. The highest BCUT2D eigenvalue weighted by Crippen LogP contribution is 2.22. The number of nitrogens with two attached hydrogens (primary N) is 1. The fraction of sp³-hybridized carbons (Fsp3) is 0.385. The molecule has 1 rings (SSSR count). The van der Waals surface area contributed by atoms with Crippen molar-refractivity contribution in [1.82, 2.24) is 0 Å². The largest absolute Gasteiger partial charge is 0.491 e. The van der Waals surface area contributed by atoms with E-state index in [2.05, 4.69) is 6.58 Å². The van der Waals surface area contributed by atoms with Gasteiger partial charge in [-0.2, -0.15) is 0 Å². The molecule has 0 saturated carbocycles. The van der Waals surface area contributed by atoms with Crippen LogP contribution in [0.25, 0.3) is 0 Å². The molecular formula is C13H19NO. The molecule has 0 fully saturated rings. The Bertz CT molecular complexity index is 344. The molecule has 0 heterocycles. The predicted octanol–water partition coefficient (Wildman–Crippen LogP) is 3.05. The predicted molar refractivity (Wildman–Crippen MR) is 63.9 cm³/mol. The van der Waals surface area contributed by atoms with Gasteiger partial charge in [-0.05, 0) is 38.5 Å². The van der Waals surface area contributed by atoms with Crippen LogP contribution in [-0.4, -0.2) is 6.10 Å². The van der Waals surface area contributed by atoms with Crippen LogP contribution in [0.4, 0.5) is 0 Å². The molecule has 2 heteroatoms. The summed E-state index contributed by atoms with van der Waals surface area (Å²) in [6.07, 6.45) is 0.182. The topological polar surface area (TPSA) is 35.2 Å². The van der Waals surface area contributed by atoms with Gasteiger partial charge in [0.1, 0.15) is 5.75 Å². The van der Waals surface area contributed by atoms with Gasteiger partial charge >= 0.3 is 0 Å². The normalized spacial score (nSPS) is 12.6. The van der Waals surface area contributed by atoms with Gasteiger partial charge in [0.2, 0.25) is 0 Å². The van der Waals surface area contributed by atoms with E-state index in [9.17, 15) is 0 Å². The molecule has 15 heavy (non-hydrogen) atoms. The van der Waals surface area contributed by atoms with Gasteiger partial charge in [0.05, 0.1) is 12.1 Å². The maximum Gasteiger partial charge on any atom is 0.120 e. The van der Waals surface area contributed by atoms with Gasteiger partial charge < -0.3 is 10.5 Å². The van der Waals surface area contributed by atoms with Gasteiger partial charge in [-0.1, -0.05) is 24.3 Å². The van der Waals surface area contributed by atoms with Crippen molar-refractivity contribution in [3.05, 3.63) is 42.0 Å². The first-order valence-electron chi connectivity index (χ1n) is 5.18. The van der Waals surface area contributed by atoms with E-state index in [1.165, 1.54) is 0 Å². The van der Waals surface area contributed by atoms with Crippen molar-refractivity contribution in [2.45, 2.75) is 32.9 Å². The van der Waals surface area contributed by atoms with Crippen LogP contribution >= 0.6 is 0 Å². The van der Waals surface area contributed by atoms with Crippen molar-refractivity contribution >= 4 is 0 Å². The third-order valence-corrected chi connectivity index (χ3v) is 2.12. The van der Waals surface area contributed by atoms with E-state index < -0.39 is 0 Å². The van der Waals surface area contributed by atoms with Crippen molar-refractivity contribution in [1.29, 1.82) is 0 Å². The average molecular weight is 205 g/mol. The average Bonchev–Trinajstić information content (AvgIpc) is 2.16. The maximum absolute atomic E-state index is 5.98. The highest BCUT2D eigenvalue weighted by molar-refractivity contribution is 5.33. The maximum atomic E-state index is 5.98. The Morgan fingerprint density at radius 1 is 1.40 bits per heavy atom. The second kappa shape index (κ2) is 4.99. The number of ether oxygens (including phenoxy) is 1. The van der Waals surface area contributed by atoms with Crippen molar-refractivity contribution in [2.75, 3.05) is 0 Å². The summed E-state index contributed by atoms with van der Waals surface area (Å²) in [4.78, 5) is 0. The van der Waals surface area contributed by atoms with Crippen LogP contribution in [0.15, 0.2) is 36.4 Å². The van der Waals surface area contributed by atoms with E-state index in [1.54, 1.807) is 0 Å². The molecule has 0 radical (unpaired) electrons. The number of benzene rings is 1. The molecule has 1 aromatic carbocycles. The highest BCUT2D eigenvalue weighted by atomic mass is 16.5. The van der Waals surface area contributed by atoms with Crippen molar-refractivity contribution in [2.24, 2.45) is 5.73 Å². The smallest absolute Gasteiger partial charge is 0.120 e.